The second-order valence-corrected chi connectivity index (χ2v) is 5.27. The van der Waals surface area contributed by atoms with E-state index in [1.165, 1.54) is 18.3 Å². The lowest BCUT2D eigenvalue weighted by Crippen LogP contribution is -2.30. The first kappa shape index (κ1) is 15.1. The lowest BCUT2D eigenvalue weighted by atomic mass is 10.3. The molecule has 0 aliphatic heterocycles. The van der Waals surface area contributed by atoms with Crippen molar-refractivity contribution >= 4 is 28.5 Å². The maximum Gasteiger partial charge on any atom is 0.356 e. The topological polar surface area (TPSA) is 108 Å². The third kappa shape index (κ3) is 5.47. The highest BCUT2D eigenvalue weighted by Gasteiger charge is 2.12. The van der Waals surface area contributed by atoms with Crippen LogP contribution in [-0.4, -0.2) is 44.9 Å². The molecule has 8 heteroatoms. The smallest absolute Gasteiger partial charge is 0.356 e. The second kappa shape index (κ2) is 7.47. The normalized spacial score (nSPS) is 11.6. The maximum atomic E-state index is 11.5. The Labute approximate surface area is 112 Å². The van der Waals surface area contributed by atoms with Crippen LogP contribution in [0, 0.1) is 0 Å². The molecule has 0 radical (unpaired) electrons. The van der Waals surface area contributed by atoms with Crippen LogP contribution in [-0.2, 0) is 10.8 Å². The van der Waals surface area contributed by atoms with Gasteiger partial charge in [0, 0.05) is 35.5 Å². The van der Waals surface area contributed by atoms with Gasteiger partial charge in [-0.1, -0.05) is 0 Å². The number of aromatic carboxylic acids is 1. The Bertz CT molecular complexity index is 493. The number of rotatable bonds is 6. The minimum atomic E-state index is -1.21. The summed E-state index contributed by atoms with van der Waals surface area (Å²) in [5, 5.41) is 13.8. The number of hydrogen-bond acceptors (Lipinski definition) is 4. The molecule has 2 amide bonds. The van der Waals surface area contributed by atoms with E-state index in [2.05, 4.69) is 15.6 Å². The summed E-state index contributed by atoms with van der Waals surface area (Å²) in [6.07, 6.45) is 3.52. The highest BCUT2D eigenvalue weighted by Crippen LogP contribution is 2.11. The summed E-state index contributed by atoms with van der Waals surface area (Å²) >= 11 is 0. The number of nitrogens with zero attached hydrogens (tertiary/aromatic N) is 1. The number of carbonyl (C=O) groups is 2. The third-order valence-corrected chi connectivity index (χ3v) is 3.02. The number of carbonyl (C=O) groups excluding carboxylic acids is 1. The van der Waals surface area contributed by atoms with E-state index in [-0.39, 0.29) is 11.4 Å². The summed E-state index contributed by atoms with van der Waals surface area (Å²) in [6.45, 7) is 0.369. The molecule has 19 heavy (non-hydrogen) atoms. The molecule has 0 aromatic carbocycles. The summed E-state index contributed by atoms with van der Waals surface area (Å²) in [7, 11) is -0.887. The molecule has 1 aromatic heterocycles. The van der Waals surface area contributed by atoms with Crippen LogP contribution in [0.4, 0.5) is 10.5 Å². The maximum absolute atomic E-state index is 11.5. The molecule has 0 aliphatic rings. The largest absolute Gasteiger partial charge is 0.476 e. The Morgan fingerprint density at radius 1 is 1.47 bits per heavy atom. The standard InChI is InChI=1S/C11H15N3O4S/c1-19(18)7-3-6-13-11(17)14-8-4-2-5-12-9(8)10(15)16/h2,4-5H,3,6-7H2,1H3,(H,15,16)(H2,13,14,17). The van der Waals surface area contributed by atoms with Gasteiger partial charge in [0.25, 0.3) is 0 Å². The molecule has 1 unspecified atom stereocenters. The van der Waals surface area contributed by atoms with Crippen molar-refractivity contribution in [3.05, 3.63) is 24.0 Å². The monoisotopic (exact) mass is 285 g/mol. The van der Waals surface area contributed by atoms with Gasteiger partial charge in [-0.3, -0.25) is 4.21 Å². The van der Waals surface area contributed by atoms with Crippen LogP contribution in [0.3, 0.4) is 0 Å². The Morgan fingerprint density at radius 2 is 2.21 bits per heavy atom. The van der Waals surface area contributed by atoms with E-state index >= 15 is 0 Å². The molecule has 3 N–H and O–H groups in total. The fourth-order valence-electron chi connectivity index (χ4n) is 1.32. The van der Waals surface area contributed by atoms with E-state index in [0.29, 0.717) is 18.7 Å². The predicted octanol–water partition coefficient (Wildman–Crippen LogP) is 0.670. The zero-order chi connectivity index (χ0) is 14.3. The molecule has 0 saturated heterocycles. The molecule has 1 aromatic rings. The van der Waals surface area contributed by atoms with Crippen molar-refractivity contribution in [2.45, 2.75) is 6.42 Å². The molecule has 0 spiro atoms. The van der Waals surface area contributed by atoms with E-state index in [0.717, 1.165) is 0 Å². The number of carboxylic acids is 1. The van der Waals surface area contributed by atoms with Gasteiger partial charge in [0.15, 0.2) is 5.69 Å². The van der Waals surface area contributed by atoms with Crippen molar-refractivity contribution in [3.63, 3.8) is 0 Å². The minimum Gasteiger partial charge on any atom is -0.476 e. The van der Waals surface area contributed by atoms with Gasteiger partial charge in [0.2, 0.25) is 0 Å². The van der Waals surface area contributed by atoms with Gasteiger partial charge in [0.05, 0.1) is 5.69 Å². The second-order valence-electron chi connectivity index (χ2n) is 3.72. The Balaban J connectivity index is 2.48. The van der Waals surface area contributed by atoms with E-state index in [1.54, 1.807) is 6.26 Å². The van der Waals surface area contributed by atoms with E-state index in [9.17, 15) is 13.8 Å². The molecule has 104 valence electrons. The predicted molar refractivity (Wildman–Crippen MR) is 71.8 cm³/mol. The molecular weight excluding hydrogens is 270 g/mol. The Kier molecular flexibility index (Phi) is 5.94. The number of carboxylic acid groups (broad SMARTS) is 1. The number of urea groups is 1. The summed E-state index contributed by atoms with van der Waals surface area (Å²) < 4.78 is 10.8. The van der Waals surface area contributed by atoms with Crippen molar-refractivity contribution in [2.75, 3.05) is 23.9 Å². The summed E-state index contributed by atoms with van der Waals surface area (Å²) in [4.78, 5) is 26.1. The molecule has 1 heterocycles. The zero-order valence-electron chi connectivity index (χ0n) is 10.4. The van der Waals surface area contributed by atoms with Gasteiger partial charge < -0.3 is 15.7 Å². The van der Waals surface area contributed by atoms with Crippen molar-refractivity contribution in [1.82, 2.24) is 10.3 Å². The SMILES string of the molecule is CS(=O)CCCNC(=O)Nc1cccnc1C(=O)O. The number of nitrogens with one attached hydrogen (secondary N) is 2. The highest BCUT2D eigenvalue weighted by molar-refractivity contribution is 7.84. The molecule has 1 rings (SSSR count). The zero-order valence-corrected chi connectivity index (χ0v) is 11.2. The van der Waals surface area contributed by atoms with Crippen molar-refractivity contribution in [3.8, 4) is 0 Å². The highest BCUT2D eigenvalue weighted by atomic mass is 32.2. The molecule has 7 nitrogen and oxygen atoms in total. The fraction of sp³-hybridized carbons (Fsp3) is 0.364. The van der Waals surface area contributed by atoms with Crippen LogP contribution in [0.2, 0.25) is 0 Å². The van der Waals surface area contributed by atoms with Crippen LogP contribution < -0.4 is 10.6 Å². The number of pyridine rings is 1. The van der Waals surface area contributed by atoms with Crippen molar-refractivity contribution in [2.24, 2.45) is 0 Å². The number of amides is 2. The molecule has 0 fully saturated rings. The quantitative estimate of drug-likeness (QED) is 0.666. The van der Waals surface area contributed by atoms with E-state index in [4.69, 9.17) is 5.11 Å². The first-order chi connectivity index (χ1) is 9.00. The third-order valence-electron chi connectivity index (χ3n) is 2.15. The lowest BCUT2D eigenvalue weighted by Gasteiger charge is -2.08. The van der Waals surface area contributed by atoms with Gasteiger partial charge in [0.1, 0.15) is 0 Å². The van der Waals surface area contributed by atoms with Crippen LogP contribution in [0.25, 0.3) is 0 Å². The molecule has 0 saturated carbocycles. The van der Waals surface area contributed by atoms with Gasteiger partial charge in [-0.2, -0.15) is 0 Å². The average Bonchev–Trinajstić information content (AvgIpc) is 2.35. The van der Waals surface area contributed by atoms with Crippen molar-refractivity contribution in [1.29, 1.82) is 0 Å². The number of aromatic nitrogens is 1. The average molecular weight is 285 g/mol. The molecule has 0 aliphatic carbocycles. The lowest BCUT2D eigenvalue weighted by molar-refractivity contribution is 0.0691. The van der Waals surface area contributed by atoms with Gasteiger partial charge in [-0.25, -0.2) is 14.6 Å². The van der Waals surface area contributed by atoms with Crippen LogP contribution in [0.1, 0.15) is 16.9 Å². The molecular formula is C11H15N3O4S. The molecule has 0 bridgehead atoms. The fourth-order valence-corrected chi connectivity index (χ4v) is 1.87. The minimum absolute atomic E-state index is 0.131. The van der Waals surface area contributed by atoms with Crippen LogP contribution in [0.15, 0.2) is 18.3 Å². The number of hydrogen-bond donors (Lipinski definition) is 3. The van der Waals surface area contributed by atoms with Crippen LogP contribution in [0.5, 0.6) is 0 Å². The van der Waals surface area contributed by atoms with Gasteiger partial charge in [-0.05, 0) is 18.6 Å². The van der Waals surface area contributed by atoms with E-state index in [1.807, 2.05) is 0 Å². The van der Waals surface area contributed by atoms with Gasteiger partial charge in [-0.15, -0.1) is 0 Å². The van der Waals surface area contributed by atoms with E-state index < -0.39 is 22.8 Å². The first-order valence-corrected chi connectivity index (χ1v) is 7.26. The first-order valence-electron chi connectivity index (χ1n) is 5.54. The molecule has 1 atom stereocenters. The Hall–Kier alpha value is -1.96. The Morgan fingerprint density at radius 3 is 2.84 bits per heavy atom. The van der Waals surface area contributed by atoms with Gasteiger partial charge >= 0.3 is 12.0 Å². The van der Waals surface area contributed by atoms with Crippen LogP contribution >= 0.6 is 0 Å². The summed E-state index contributed by atoms with van der Waals surface area (Å²) in [5.41, 5.74) is -0.0844. The number of anilines is 1. The summed E-state index contributed by atoms with van der Waals surface area (Å²) in [6, 6.07) is 2.47. The summed E-state index contributed by atoms with van der Waals surface area (Å²) in [5.74, 6) is -0.703. The van der Waals surface area contributed by atoms with Crippen molar-refractivity contribution < 1.29 is 18.9 Å².